The molecule has 0 unspecified atom stereocenters. The number of nitrogens with one attached hydrogen (secondary N) is 2. The molecule has 0 heterocycles. The summed E-state index contributed by atoms with van der Waals surface area (Å²) in [4.78, 5) is 24.4. The van der Waals surface area contributed by atoms with Crippen molar-refractivity contribution in [1.29, 1.82) is 0 Å². The van der Waals surface area contributed by atoms with Crippen molar-refractivity contribution < 1.29 is 14.3 Å². The van der Waals surface area contributed by atoms with Crippen LogP contribution in [0.25, 0.3) is 0 Å². The fourth-order valence-corrected chi connectivity index (χ4v) is 2.71. The lowest BCUT2D eigenvalue weighted by atomic mass is 10.2. The molecule has 23 heavy (non-hydrogen) atoms. The Bertz CT molecular complexity index is 530. The van der Waals surface area contributed by atoms with Gasteiger partial charge < -0.3 is 15.4 Å². The summed E-state index contributed by atoms with van der Waals surface area (Å²) in [5.41, 5.74) is 0.303. The van der Waals surface area contributed by atoms with E-state index in [1.165, 1.54) is 11.8 Å². The van der Waals surface area contributed by atoms with E-state index in [9.17, 15) is 9.59 Å². The minimum atomic E-state index is -0.498. The zero-order valence-electron chi connectivity index (χ0n) is 14.0. The first-order chi connectivity index (χ1) is 10.8. The van der Waals surface area contributed by atoms with Crippen molar-refractivity contribution in [3.63, 3.8) is 0 Å². The van der Waals surface area contributed by atoms with Crippen LogP contribution < -0.4 is 10.6 Å². The van der Waals surface area contributed by atoms with Gasteiger partial charge in [0, 0.05) is 22.9 Å². The highest BCUT2D eigenvalue weighted by molar-refractivity contribution is 8.00. The number of thioether (sulfide) groups is 2. The molecule has 0 saturated carbocycles. The molecule has 0 spiro atoms. The largest absolute Gasteiger partial charge is 0.444 e. The van der Waals surface area contributed by atoms with Gasteiger partial charge in [0.25, 0.3) is 0 Å². The third-order valence-corrected chi connectivity index (χ3v) is 4.19. The van der Waals surface area contributed by atoms with Gasteiger partial charge in [0.1, 0.15) is 5.60 Å². The fraction of sp³-hybridized carbons (Fsp3) is 0.500. The van der Waals surface area contributed by atoms with Crippen LogP contribution in [0.1, 0.15) is 20.8 Å². The van der Waals surface area contributed by atoms with Crippen molar-refractivity contribution >= 4 is 41.2 Å². The Labute approximate surface area is 146 Å². The quantitative estimate of drug-likeness (QED) is 0.577. The molecule has 0 aliphatic rings. The summed E-state index contributed by atoms with van der Waals surface area (Å²) < 4.78 is 5.13. The van der Waals surface area contributed by atoms with Crippen LogP contribution in [0.2, 0.25) is 0 Å². The van der Waals surface area contributed by atoms with Gasteiger partial charge in [0.2, 0.25) is 5.91 Å². The third kappa shape index (κ3) is 9.40. The van der Waals surface area contributed by atoms with Crippen LogP contribution >= 0.6 is 23.5 Å². The second kappa shape index (κ2) is 9.72. The van der Waals surface area contributed by atoms with Crippen molar-refractivity contribution in [2.24, 2.45) is 0 Å². The lowest BCUT2D eigenvalue weighted by molar-refractivity contribution is -0.113. The number of alkyl carbamates (subject to hydrolysis) is 1. The number of carbonyl (C=O) groups is 2. The summed E-state index contributed by atoms with van der Waals surface area (Å²) in [6, 6.07) is 7.72. The summed E-state index contributed by atoms with van der Waals surface area (Å²) in [5.74, 6) is 0.947. The van der Waals surface area contributed by atoms with Gasteiger partial charge in [-0.25, -0.2) is 4.79 Å². The molecule has 1 aromatic carbocycles. The predicted octanol–water partition coefficient (Wildman–Crippen LogP) is 3.60. The van der Waals surface area contributed by atoms with E-state index >= 15 is 0 Å². The topological polar surface area (TPSA) is 67.4 Å². The zero-order chi connectivity index (χ0) is 17.3. The van der Waals surface area contributed by atoms with Crippen molar-refractivity contribution in [2.45, 2.75) is 31.3 Å². The Kier molecular flexibility index (Phi) is 8.33. The summed E-state index contributed by atoms with van der Waals surface area (Å²) in [5, 5.41) is 5.52. The average molecular weight is 357 g/mol. The van der Waals surface area contributed by atoms with Crippen LogP contribution in [0.5, 0.6) is 0 Å². The Morgan fingerprint density at radius 2 is 2.00 bits per heavy atom. The molecule has 0 bridgehead atoms. The van der Waals surface area contributed by atoms with Crippen molar-refractivity contribution in [2.75, 3.05) is 29.6 Å². The Hall–Kier alpha value is -1.34. The van der Waals surface area contributed by atoms with Gasteiger partial charge in [-0.05, 0) is 45.2 Å². The maximum atomic E-state index is 11.8. The molecule has 5 nitrogen and oxygen atoms in total. The molecule has 2 amide bonds. The summed E-state index contributed by atoms with van der Waals surface area (Å²) >= 11 is 3.10. The number of amides is 2. The number of rotatable bonds is 7. The van der Waals surface area contributed by atoms with Crippen LogP contribution in [0.3, 0.4) is 0 Å². The Balaban J connectivity index is 2.18. The molecule has 0 aromatic heterocycles. The highest BCUT2D eigenvalue weighted by Crippen LogP contribution is 2.19. The molecule has 0 aliphatic carbocycles. The van der Waals surface area contributed by atoms with Gasteiger partial charge >= 0.3 is 6.09 Å². The van der Waals surface area contributed by atoms with E-state index in [1.54, 1.807) is 11.8 Å². The van der Waals surface area contributed by atoms with E-state index in [0.29, 0.717) is 18.1 Å². The van der Waals surface area contributed by atoms with Crippen LogP contribution in [0.15, 0.2) is 29.2 Å². The molecule has 0 saturated heterocycles. The number of carbonyl (C=O) groups excluding carboxylic acids is 2. The van der Waals surface area contributed by atoms with E-state index in [2.05, 4.69) is 10.6 Å². The molecule has 1 aromatic rings. The molecule has 1 rings (SSSR count). The highest BCUT2D eigenvalue weighted by Gasteiger charge is 2.15. The first-order valence-corrected chi connectivity index (χ1v) is 9.66. The molecule has 0 aliphatic heterocycles. The molecule has 0 atom stereocenters. The second-order valence-electron chi connectivity index (χ2n) is 5.76. The first-order valence-electron chi connectivity index (χ1n) is 7.28. The lowest BCUT2D eigenvalue weighted by Crippen LogP contribution is -2.33. The van der Waals surface area contributed by atoms with Gasteiger partial charge in [0.05, 0.1) is 5.75 Å². The van der Waals surface area contributed by atoms with E-state index < -0.39 is 11.7 Å². The van der Waals surface area contributed by atoms with E-state index in [0.717, 1.165) is 10.6 Å². The Morgan fingerprint density at radius 3 is 2.65 bits per heavy atom. The third-order valence-electron chi connectivity index (χ3n) is 2.50. The monoisotopic (exact) mass is 356 g/mol. The standard InChI is InChI=1S/C16H24N2O3S2/c1-16(2,3)21-15(20)17-8-9-23-11-14(19)18-12-6-5-7-13(10-12)22-4/h5-7,10H,8-9,11H2,1-4H3,(H,17,20)(H,18,19). The van der Waals surface area contributed by atoms with Gasteiger partial charge in [-0.1, -0.05) is 6.07 Å². The zero-order valence-corrected chi connectivity index (χ0v) is 15.6. The smallest absolute Gasteiger partial charge is 0.407 e. The number of ether oxygens (including phenoxy) is 1. The first kappa shape index (κ1) is 19.7. The van der Waals surface area contributed by atoms with E-state index in [4.69, 9.17) is 4.74 Å². The number of anilines is 1. The Morgan fingerprint density at radius 1 is 1.26 bits per heavy atom. The summed E-state index contributed by atoms with van der Waals surface area (Å²) in [6.07, 6.45) is 1.56. The molecule has 0 fully saturated rings. The SMILES string of the molecule is CSc1cccc(NC(=O)CSCCNC(=O)OC(C)(C)C)c1. The second-order valence-corrected chi connectivity index (χ2v) is 7.75. The maximum absolute atomic E-state index is 11.8. The van der Waals surface area contributed by atoms with E-state index in [-0.39, 0.29) is 5.91 Å². The molecular formula is C16H24N2O3S2. The molecule has 0 radical (unpaired) electrons. The van der Waals surface area contributed by atoms with Gasteiger partial charge in [-0.2, -0.15) is 11.8 Å². The van der Waals surface area contributed by atoms with Crippen LogP contribution in [-0.2, 0) is 9.53 Å². The number of hydrogen-bond acceptors (Lipinski definition) is 5. The lowest BCUT2D eigenvalue weighted by Gasteiger charge is -2.19. The summed E-state index contributed by atoms with van der Waals surface area (Å²) in [7, 11) is 0. The van der Waals surface area contributed by atoms with Crippen molar-refractivity contribution in [1.82, 2.24) is 5.32 Å². The average Bonchev–Trinajstić information content (AvgIpc) is 2.45. The van der Waals surface area contributed by atoms with Crippen molar-refractivity contribution in [3.8, 4) is 0 Å². The van der Waals surface area contributed by atoms with Gasteiger partial charge in [-0.15, -0.1) is 11.8 Å². The minimum Gasteiger partial charge on any atom is -0.444 e. The minimum absolute atomic E-state index is 0.0504. The summed E-state index contributed by atoms with van der Waals surface area (Å²) in [6.45, 7) is 5.92. The fourth-order valence-electron chi connectivity index (χ4n) is 1.60. The molecule has 2 N–H and O–H groups in total. The normalized spacial score (nSPS) is 11.0. The van der Waals surface area contributed by atoms with Crippen molar-refractivity contribution in [3.05, 3.63) is 24.3 Å². The van der Waals surface area contributed by atoms with Crippen LogP contribution in [0, 0.1) is 0 Å². The van der Waals surface area contributed by atoms with Gasteiger partial charge in [-0.3, -0.25) is 4.79 Å². The van der Waals surface area contributed by atoms with Crippen LogP contribution in [-0.4, -0.2) is 41.9 Å². The predicted molar refractivity (Wildman–Crippen MR) is 98.4 cm³/mol. The maximum Gasteiger partial charge on any atom is 0.407 e. The van der Waals surface area contributed by atoms with Crippen LogP contribution in [0.4, 0.5) is 10.5 Å². The number of benzene rings is 1. The number of hydrogen-bond donors (Lipinski definition) is 2. The highest BCUT2D eigenvalue weighted by atomic mass is 32.2. The molecule has 7 heteroatoms. The van der Waals surface area contributed by atoms with E-state index in [1.807, 2.05) is 51.3 Å². The molecular weight excluding hydrogens is 332 g/mol. The molecule has 128 valence electrons. The van der Waals surface area contributed by atoms with Gasteiger partial charge in [0.15, 0.2) is 0 Å².